The lowest BCUT2D eigenvalue weighted by atomic mass is 9.98. The first-order chi connectivity index (χ1) is 8.45. The molecule has 1 aromatic heterocycles. The van der Waals surface area contributed by atoms with E-state index in [2.05, 4.69) is 22.8 Å². The summed E-state index contributed by atoms with van der Waals surface area (Å²) in [5, 5.41) is 5.59. The normalized spacial score (nSPS) is 17.4. The zero-order valence-electron chi connectivity index (χ0n) is 10.5. The van der Waals surface area contributed by atoms with E-state index in [1.807, 2.05) is 11.3 Å². The van der Waals surface area contributed by atoms with Crippen LogP contribution in [0.15, 0.2) is 17.5 Å². The molecule has 0 spiro atoms. The molecule has 1 aliphatic rings. The van der Waals surface area contributed by atoms with Gasteiger partial charge in [0.05, 0.1) is 12.7 Å². The Labute approximate surface area is 108 Å². The van der Waals surface area contributed by atoms with Gasteiger partial charge in [-0.3, -0.25) is 0 Å². The van der Waals surface area contributed by atoms with Gasteiger partial charge in [0.2, 0.25) is 0 Å². The van der Waals surface area contributed by atoms with Crippen molar-refractivity contribution in [3.63, 3.8) is 0 Å². The Balaban J connectivity index is 1.43. The van der Waals surface area contributed by atoms with E-state index in [4.69, 9.17) is 4.74 Å². The molecule has 1 fully saturated rings. The molecular formula is C14H23NOS. The Morgan fingerprint density at radius 2 is 2.12 bits per heavy atom. The van der Waals surface area contributed by atoms with Crippen molar-refractivity contribution in [1.82, 2.24) is 5.32 Å². The van der Waals surface area contributed by atoms with E-state index in [9.17, 15) is 0 Å². The van der Waals surface area contributed by atoms with Gasteiger partial charge in [-0.15, -0.1) is 11.3 Å². The minimum atomic E-state index is 0.544. The van der Waals surface area contributed by atoms with Crippen LogP contribution in [0.1, 0.15) is 37.0 Å². The summed E-state index contributed by atoms with van der Waals surface area (Å²) in [6, 6.07) is 4.32. The van der Waals surface area contributed by atoms with Crippen molar-refractivity contribution < 1.29 is 4.74 Å². The Hall–Kier alpha value is -0.380. The SMILES string of the molecule is c1csc(CCNCCOC2CCCCC2)c1. The molecule has 96 valence electrons. The highest BCUT2D eigenvalue weighted by Gasteiger charge is 2.12. The molecule has 3 heteroatoms. The molecule has 0 unspecified atom stereocenters. The van der Waals surface area contributed by atoms with Crippen LogP contribution in [0, 0.1) is 0 Å². The third-order valence-corrected chi connectivity index (χ3v) is 4.25. The van der Waals surface area contributed by atoms with Crippen LogP contribution >= 0.6 is 11.3 Å². The third kappa shape index (κ3) is 5.19. The summed E-state index contributed by atoms with van der Waals surface area (Å²) in [5.41, 5.74) is 0. The van der Waals surface area contributed by atoms with Crippen LogP contribution in [-0.4, -0.2) is 25.8 Å². The number of nitrogens with one attached hydrogen (secondary N) is 1. The van der Waals surface area contributed by atoms with E-state index < -0.39 is 0 Å². The molecule has 2 rings (SSSR count). The predicted octanol–water partition coefficient (Wildman–Crippen LogP) is 3.23. The average molecular weight is 253 g/mol. The number of thiophene rings is 1. The van der Waals surface area contributed by atoms with E-state index in [1.54, 1.807) is 0 Å². The second kappa shape index (κ2) is 7.85. The Morgan fingerprint density at radius 3 is 2.88 bits per heavy atom. The summed E-state index contributed by atoms with van der Waals surface area (Å²) in [7, 11) is 0. The molecule has 1 N–H and O–H groups in total. The standard InChI is InChI=1S/C14H23NOS/c1-2-5-13(6-3-1)16-11-10-15-9-8-14-7-4-12-17-14/h4,7,12-13,15H,1-3,5-6,8-11H2. The maximum atomic E-state index is 5.86. The van der Waals surface area contributed by atoms with E-state index in [-0.39, 0.29) is 0 Å². The van der Waals surface area contributed by atoms with Gasteiger partial charge in [-0.2, -0.15) is 0 Å². The summed E-state index contributed by atoms with van der Waals surface area (Å²) < 4.78 is 5.86. The van der Waals surface area contributed by atoms with Gasteiger partial charge in [0.25, 0.3) is 0 Å². The number of hydrogen-bond donors (Lipinski definition) is 1. The molecule has 1 heterocycles. The first-order valence-corrected chi connectivity index (χ1v) is 7.68. The first kappa shape index (κ1) is 13.1. The van der Waals surface area contributed by atoms with E-state index in [1.165, 1.54) is 37.0 Å². The monoisotopic (exact) mass is 253 g/mol. The van der Waals surface area contributed by atoms with Crippen LogP contribution in [0.3, 0.4) is 0 Å². The molecule has 0 amide bonds. The third-order valence-electron chi connectivity index (χ3n) is 3.31. The van der Waals surface area contributed by atoms with Crippen molar-refractivity contribution >= 4 is 11.3 Å². The molecule has 0 atom stereocenters. The van der Waals surface area contributed by atoms with Gasteiger partial charge in [0.1, 0.15) is 0 Å². The maximum Gasteiger partial charge on any atom is 0.0594 e. The van der Waals surface area contributed by atoms with Gasteiger partial charge in [-0.1, -0.05) is 25.3 Å². The molecule has 1 saturated carbocycles. The first-order valence-electron chi connectivity index (χ1n) is 6.80. The van der Waals surface area contributed by atoms with E-state index in [0.29, 0.717) is 6.10 Å². The molecule has 0 radical (unpaired) electrons. The van der Waals surface area contributed by atoms with Crippen LogP contribution in [-0.2, 0) is 11.2 Å². The van der Waals surface area contributed by atoms with E-state index >= 15 is 0 Å². The van der Waals surface area contributed by atoms with Crippen LogP contribution < -0.4 is 5.32 Å². The maximum absolute atomic E-state index is 5.86. The van der Waals surface area contributed by atoms with Crippen molar-refractivity contribution in [1.29, 1.82) is 0 Å². The fraction of sp³-hybridized carbons (Fsp3) is 0.714. The smallest absolute Gasteiger partial charge is 0.0594 e. The molecule has 0 saturated heterocycles. The van der Waals surface area contributed by atoms with Gasteiger partial charge < -0.3 is 10.1 Å². The molecule has 1 aromatic rings. The second-order valence-electron chi connectivity index (χ2n) is 4.71. The lowest BCUT2D eigenvalue weighted by Crippen LogP contribution is -2.25. The van der Waals surface area contributed by atoms with Crippen molar-refractivity contribution in [3.05, 3.63) is 22.4 Å². The predicted molar refractivity (Wildman–Crippen MR) is 73.7 cm³/mol. The summed E-state index contributed by atoms with van der Waals surface area (Å²) in [4.78, 5) is 1.46. The van der Waals surface area contributed by atoms with Crippen LogP contribution in [0.25, 0.3) is 0 Å². The molecule has 17 heavy (non-hydrogen) atoms. The van der Waals surface area contributed by atoms with Crippen LogP contribution in [0.2, 0.25) is 0 Å². The van der Waals surface area contributed by atoms with Crippen molar-refractivity contribution in [2.24, 2.45) is 0 Å². The molecule has 0 aromatic carbocycles. The highest BCUT2D eigenvalue weighted by molar-refractivity contribution is 7.09. The molecular weight excluding hydrogens is 230 g/mol. The lowest BCUT2D eigenvalue weighted by molar-refractivity contribution is 0.0304. The van der Waals surface area contributed by atoms with Gasteiger partial charge in [-0.05, 0) is 30.7 Å². The number of hydrogen-bond acceptors (Lipinski definition) is 3. The zero-order chi connectivity index (χ0) is 11.8. The summed E-state index contributed by atoms with van der Waals surface area (Å²) in [6.07, 6.45) is 8.35. The van der Waals surface area contributed by atoms with Crippen LogP contribution in [0.5, 0.6) is 0 Å². The summed E-state index contributed by atoms with van der Waals surface area (Å²) in [6.45, 7) is 2.92. The Bertz CT molecular complexity index is 280. The summed E-state index contributed by atoms with van der Waals surface area (Å²) >= 11 is 1.84. The minimum absolute atomic E-state index is 0.544. The van der Waals surface area contributed by atoms with Gasteiger partial charge in [0.15, 0.2) is 0 Å². The number of ether oxygens (including phenoxy) is 1. The van der Waals surface area contributed by atoms with Crippen molar-refractivity contribution in [2.45, 2.75) is 44.6 Å². The topological polar surface area (TPSA) is 21.3 Å². The van der Waals surface area contributed by atoms with Gasteiger partial charge >= 0.3 is 0 Å². The second-order valence-corrected chi connectivity index (χ2v) is 5.74. The largest absolute Gasteiger partial charge is 0.377 e. The average Bonchev–Trinajstić information content (AvgIpc) is 2.88. The fourth-order valence-electron chi connectivity index (χ4n) is 2.32. The molecule has 0 bridgehead atoms. The zero-order valence-corrected chi connectivity index (χ0v) is 11.3. The Morgan fingerprint density at radius 1 is 1.24 bits per heavy atom. The van der Waals surface area contributed by atoms with Crippen molar-refractivity contribution in [3.8, 4) is 0 Å². The van der Waals surface area contributed by atoms with Gasteiger partial charge in [-0.25, -0.2) is 0 Å². The van der Waals surface area contributed by atoms with E-state index in [0.717, 1.165) is 26.1 Å². The minimum Gasteiger partial charge on any atom is -0.377 e. The highest BCUT2D eigenvalue weighted by Crippen LogP contribution is 2.19. The Kier molecular flexibility index (Phi) is 6.03. The quantitative estimate of drug-likeness (QED) is 0.753. The van der Waals surface area contributed by atoms with Crippen molar-refractivity contribution in [2.75, 3.05) is 19.7 Å². The summed E-state index contributed by atoms with van der Waals surface area (Å²) in [5.74, 6) is 0. The lowest BCUT2D eigenvalue weighted by Gasteiger charge is -2.21. The molecule has 2 nitrogen and oxygen atoms in total. The molecule has 0 aliphatic heterocycles. The molecule has 1 aliphatic carbocycles. The highest BCUT2D eigenvalue weighted by atomic mass is 32.1. The number of rotatable bonds is 7. The van der Waals surface area contributed by atoms with Crippen LogP contribution in [0.4, 0.5) is 0 Å². The van der Waals surface area contributed by atoms with Gasteiger partial charge in [0, 0.05) is 18.0 Å². The fourth-order valence-corrected chi connectivity index (χ4v) is 3.03.